The molecule has 0 bridgehead atoms. The van der Waals surface area contributed by atoms with Gasteiger partial charge in [0.15, 0.2) is 0 Å². The van der Waals surface area contributed by atoms with Gasteiger partial charge in [0.25, 0.3) is 0 Å². The predicted molar refractivity (Wildman–Crippen MR) is 83.5 cm³/mol. The first-order valence-electron chi connectivity index (χ1n) is 7.41. The molecule has 1 heteroatoms. The Labute approximate surface area is 115 Å². The third-order valence-electron chi connectivity index (χ3n) is 3.65. The summed E-state index contributed by atoms with van der Waals surface area (Å²) < 4.78 is 0. The third-order valence-corrected chi connectivity index (χ3v) is 3.65. The Morgan fingerprint density at radius 2 is 1.72 bits per heavy atom. The topological polar surface area (TPSA) is 23.9 Å². The highest BCUT2D eigenvalue weighted by atomic mass is 14.4. The molecule has 106 valence electrons. The molecule has 18 heavy (non-hydrogen) atoms. The smallest absolute Gasteiger partial charge is 0.000867 e. The number of unbranched alkanes of at least 4 members (excludes halogenated alkanes) is 1. The number of hydrogen-bond acceptors (Lipinski definition) is 1. The molecule has 0 fully saturated rings. The van der Waals surface area contributed by atoms with E-state index in [4.69, 9.17) is 5.41 Å². The van der Waals surface area contributed by atoms with Crippen molar-refractivity contribution < 1.29 is 0 Å². The lowest BCUT2D eigenvalue weighted by atomic mass is 9.80. The molecule has 0 spiro atoms. The molecule has 0 aromatic heterocycles. The third kappa shape index (κ3) is 8.49. The fourth-order valence-corrected chi connectivity index (χ4v) is 2.56. The van der Waals surface area contributed by atoms with Crippen LogP contribution in [-0.2, 0) is 0 Å². The lowest BCUT2D eigenvalue weighted by molar-refractivity contribution is 0.323. The van der Waals surface area contributed by atoms with Crippen molar-refractivity contribution in [3.63, 3.8) is 0 Å². The highest BCUT2D eigenvalue weighted by molar-refractivity contribution is 5.60. The van der Waals surface area contributed by atoms with Gasteiger partial charge in [0.1, 0.15) is 0 Å². The Balaban J connectivity index is 3.82. The average Bonchev–Trinajstić information content (AvgIpc) is 2.23. The summed E-state index contributed by atoms with van der Waals surface area (Å²) in [4.78, 5) is 0. The maximum atomic E-state index is 7.35. The first-order chi connectivity index (χ1) is 8.22. The average molecular weight is 251 g/mol. The molecule has 0 aromatic rings. The van der Waals surface area contributed by atoms with Gasteiger partial charge in [0.05, 0.1) is 0 Å². The van der Waals surface area contributed by atoms with Crippen LogP contribution < -0.4 is 0 Å². The summed E-state index contributed by atoms with van der Waals surface area (Å²) in [6.07, 6.45) is 9.97. The molecule has 0 radical (unpaired) electrons. The van der Waals surface area contributed by atoms with E-state index in [0.717, 1.165) is 19.3 Å². The van der Waals surface area contributed by atoms with Gasteiger partial charge in [-0.2, -0.15) is 0 Å². The van der Waals surface area contributed by atoms with Gasteiger partial charge in [-0.05, 0) is 42.9 Å². The summed E-state index contributed by atoms with van der Waals surface area (Å²) in [5, 5.41) is 7.35. The predicted octanol–water partition coefficient (Wildman–Crippen LogP) is 6.00. The monoisotopic (exact) mass is 251 g/mol. The molecule has 0 rings (SSSR count). The number of allylic oxidation sites excluding steroid dienone is 1. The van der Waals surface area contributed by atoms with Crippen LogP contribution in [0, 0.1) is 16.2 Å². The first-order valence-corrected chi connectivity index (χ1v) is 7.41. The van der Waals surface area contributed by atoms with E-state index in [-0.39, 0.29) is 5.41 Å². The van der Waals surface area contributed by atoms with Crippen LogP contribution in [-0.4, -0.2) is 6.21 Å². The summed E-state index contributed by atoms with van der Waals surface area (Å²) in [5.41, 5.74) is 1.89. The van der Waals surface area contributed by atoms with Gasteiger partial charge >= 0.3 is 0 Å². The molecule has 0 aromatic carbocycles. The summed E-state index contributed by atoms with van der Waals surface area (Å²) in [7, 11) is 0. The molecule has 0 heterocycles. The van der Waals surface area contributed by atoms with E-state index in [0.29, 0.717) is 5.41 Å². The zero-order chi connectivity index (χ0) is 14.2. The molecule has 0 aliphatic rings. The summed E-state index contributed by atoms with van der Waals surface area (Å²) in [6.45, 7) is 15.5. The minimum Gasteiger partial charge on any atom is -0.313 e. The fourth-order valence-electron chi connectivity index (χ4n) is 2.56. The van der Waals surface area contributed by atoms with Gasteiger partial charge in [0.2, 0.25) is 0 Å². The van der Waals surface area contributed by atoms with Crippen LogP contribution in [0.2, 0.25) is 0 Å². The van der Waals surface area contributed by atoms with E-state index in [1.54, 1.807) is 6.21 Å². The SMILES string of the molecule is C=C(CCCCC(C)(C)C=N)CC(C)(C)CCC. The highest BCUT2D eigenvalue weighted by Gasteiger charge is 2.18. The van der Waals surface area contributed by atoms with Gasteiger partial charge in [-0.25, -0.2) is 0 Å². The van der Waals surface area contributed by atoms with E-state index in [2.05, 4.69) is 41.2 Å². The zero-order valence-corrected chi connectivity index (χ0v) is 13.2. The lowest BCUT2D eigenvalue weighted by Crippen LogP contribution is -2.13. The van der Waals surface area contributed by atoms with Crippen LogP contribution in [0.3, 0.4) is 0 Å². The summed E-state index contributed by atoms with van der Waals surface area (Å²) in [5.74, 6) is 0. The van der Waals surface area contributed by atoms with Gasteiger partial charge in [-0.15, -0.1) is 0 Å². The van der Waals surface area contributed by atoms with Crippen LogP contribution in [0.15, 0.2) is 12.2 Å². The molecule has 0 saturated carbocycles. The number of rotatable bonds is 10. The van der Waals surface area contributed by atoms with Gasteiger partial charge in [-0.3, -0.25) is 0 Å². The summed E-state index contributed by atoms with van der Waals surface area (Å²) >= 11 is 0. The Bertz CT molecular complexity index is 261. The molecule has 1 nitrogen and oxygen atoms in total. The van der Waals surface area contributed by atoms with Gasteiger partial charge < -0.3 is 5.41 Å². The fraction of sp³-hybridized carbons (Fsp3) is 0.824. The second-order valence-electron chi connectivity index (χ2n) is 7.18. The Kier molecular flexibility index (Phi) is 7.51. The minimum absolute atomic E-state index is 0.0722. The normalized spacial score (nSPS) is 12.5. The largest absolute Gasteiger partial charge is 0.313 e. The van der Waals surface area contributed by atoms with Crippen molar-refractivity contribution in [2.24, 2.45) is 10.8 Å². The van der Waals surface area contributed by atoms with Crippen molar-refractivity contribution in [3.05, 3.63) is 12.2 Å². The van der Waals surface area contributed by atoms with Crippen molar-refractivity contribution in [1.82, 2.24) is 0 Å². The van der Waals surface area contributed by atoms with E-state index >= 15 is 0 Å². The molecule has 0 saturated heterocycles. The molecule has 0 aliphatic carbocycles. The van der Waals surface area contributed by atoms with Crippen LogP contribution in [0.25, 0.3) is 0 Å². The van der Waals surface area contributed by atoms with Crippen LogP contribution in [0.4, 0.5) is 0 Å². The highest BCUT2D eigenvalue weighted by Crippen LogP contribution is 2.31. The van der Waals surface area contributed by atoms with Crippen LogP contribution in [0.5, 0.6) is 0 Å². The van der Waals surface area contributed by atoms with E-state index < -0.39 is 0 Å². The molecule has 0 unspecified atom stereocenters. The first kappa shape index (κ1) is 17.4. The molecule has 1 N–H and O–H groups in total. The van der Waals surface area contributed by atoms with E-state index in [1.165, 1.54) is 31.3 Å². The van der Waals surface area contributed by atoms with E-state index in [1.807, 2.05) is 0 Å². The van der Waals surface area contributed by atoms with Crippen molar-refractivity contribution in [1.29, 1.82) is 5.41 Å². The van der Waals surface area contributed by atoms with Crippen molar-refractivity contribution in [2.75, 3.05) is 0 Å². The van der Waals surface area contributed by atoms with Gasteiger partial charge in [-0.1, -0.05) is 59.6 Å². The Hall–Kier alpha value is -0.590. The van der Waals surface area contributed by atoms with E-state index in [9.17, 15) is 0 Å². The second kappa shape index (κ2) is 7.76. The molecular weight excluding hydrogens is 218 g/mol. The Morgan fingerprint density at radius 3 is 2.22 bits per heavy atom. The van der Waals surface area contributed by atoms with Gasteiger partial charge in [0, 0.05) is 6.21 Å². The minimum atomic E-state index is 0.0722. The Morgan fingerprint density at radius 1 is 1.11 bits per heavy atom. The number of nitrogens with one attached hydrogen (secondary N) is 1. The van der Waals surface area contributed by atoms with Crippen molar-refractivity contribution in [3.8, 4) is 0 Å². The zero-order valence-electron chi connectivity index (χ0n) is 13.2. The molecular formula is C17H33N. The standard InChI is InChI=1S/C17H33N/c1-7-11-16(3,4)13-15(2)10-8-9-12-17(5,6)14-18/h14,18H,2,7-13H2,1,3-6H3. The maximum absolute atomic E-state index is 7.35. The van der Waals surface area contributed by atoms with Crippen LogP contribution >= 0.6 is 0 Å². The lowest BCUT2D eigenvalue weighted by Gasteiger charge is -2.25. The van der Waals surface area contributed by atoms with Crippen molar-refractivity contribution >= 4 is 6.21 Å². The van der Waals surface area contributed by atoms with Crippen LogP contribution in [0.1, 0.15) is 79.6 Å². The molecule has 0 amide bonds. The number of hydrogen-bond donors (Lipinski definition) is 1. The van der Waals surface area contributed by atoms with Crippen molar-refractivity contribution in [2.45, 2.75) is 79.6 Å². The molecule has 0 atom stereocenters. The maximum Gasteiger partial charge on any atom is 0.000867 e. The second-order valence-corrected chi connectivity index (χ2v) is 7.18. The summed E-state index contributed by atoms with van der Waals surface area (Å²) in [6, 6.07) is 0. The molecule has 0 aliphatic heterocycles. The quantitative estimate of drug-likeness (QED) is 0.280.